The average Bonchev–Trinajstić information content (AvgIpc) is 2.41. The molecule has 5 nitrogen and oxygen atoms in total. The highest BCUT2D eigenvalue weighted by atomic mass is 19.4. The summed E-state index contributed by atoms with van der Waals surface area (Å²) in [6.45, 7) is 0.0713. The van der Waals surface area contributed by atoms with Crippen molar-refractivity contribution >= 4 is 11.9 Å². The Labute approximate surface area is 89.2 Å². The zero-order valence-electron chi connectivity index (χ0n) is 8.63. The van der Waals surface area contributed by atoms with Crippen molar-refractivity contribution < 1.29 is 22.7 Å². The Morgan fingerprint density at radius 2 is 2.25 bits per heavy atom. The summed E-state index contributed by atoms with van der Waals surface area (Å²) >= 11 is 0. The first kappa shape index (κ1) is 12.3. The second-order valence-corrected chi connectivity index (χ2v) is 3.11. The number of aromatic nitrogens is 2. The Kier molecular flexibility index (Phi) is 3.41. The molecule has 0 saturated heterocycles. The maximum atomic E-state index is 11.7. The van der Waals surface area contributed by atoms with E-state index in [1.165, 1.54) is 10.7 Å². The Bertz CT molecular complexity index is 386. The molecule has 1 amide bonds. The Morgan fingerprint density at radius 1 is 1.62 bits per heavy atom. The van der Waals surface area contributed by atoms with Gasteiger partial charge >= 0.3 is 12.3 Å². The van der Waals surface area contributed by atoms with E-state index in [1.54, 1.807) is 14.0 Å². The van der Waals surface area contributed by atoms with Gasteiger partial charge in [-0.15, -0.1) is 0 Å². The number of amides is 1. The monoisotopic (exact) mass is 237 g/mol. The molecule has 0 bridgehead atoms. The van der Waals surface area contributed by atoms with E-state index in [-0.39, 0.29) is 5.82 Å². The summed E-state index contributed by atoms with van der Waals surface area (Å²) in [5.41, 5.74) is 0.633. The fraction of sp³-hybridized carbons (Fsp3) is 0.500. The van der Waals surface area contributed by atoms with Crippen LogP contribution in [-0.4, -0.2) is 28.7 Å². The molecule has 8 heteroatoms. The first-order valence-electron chi connectivity index (χ1n) is 4.29. The summed E-state index contributed by atoms with van der Waals surface area (Å²) in [5.74, 6) is 0.268. The predicted molar refractivity (Wildman–Crippen MR) is 49.0 cm³/mol. The standard InChI is InChI=1S/C8H10F3N3O2/c1-5-3-6(14(2)13-5)12-7(15)16-4-8(9,10)11/h3H,4H2,1-2H3,(H,12,15). The molecule has 1 heterocycles. The summed E-state index contributed by atoms with van der Waals surface area (Å²) in [5, 5.41) is 6.04. The quantitative estimate of drug-likeness (QED) is 0.853. The fourth-order valence-corrected chi connectivity index (χ4v) is 1.02. The highest BCUT2D eigenvalue weighted by Crippen LogP contribution is 2.15. The van der Waals surface area contributed by atoms with Crippen LogP contribution < -0.4 is 5.32 Å². The molecule has 0 fully saturated rings. The third-order valence-electron chi connectivity index (χ3n) is 1.60. The van der Waals surface area contributed by atoms with Crippen molar-refractivity contribution in [3.8, 4) is 0 Å². The molecule has 1 N–H and O–H groups in total. The Balaban J connectivity index is 2.49. The molecule has 0 radical (unpaired) electrons. The third-order valence-corrected chi connectivity index (χ3v) is 1.60. The molecule has 0 aliphatic heterocycles. The lowest BCUT2D eigenvalue weighted by Crippen LogP contribution is -2.24. The van der Waals surface area contributed by atoms with Crippen LogP contribution in [0.15, 0.2) is 6.07 Å². The highest BCUT2D eigenvalue weighted by molar-refractivity contribution is 5.83. The second-order valence-electron chi connectivity index (χ2n) is 3.11. The number of hydrogen-bond donors (Lipinski definition) is 1. The van der Waals surface area contributed by atoms with Crippen LogP contribution in [0.5, 0.6) is 0 Å². The number of ether oxygens (including phenoxy) is 1. The number of anilines is 1. The summed E-state index contributed by atoms with van der Waals surface area (Å²) in [4.78, 5) is 10.9. The SMILES string of the molecule is Cc1cc(NC(=O)OCC(F)(F)F)n(C)n1. The molecule has 1 aromatic rings. The lowest BCUT2D eigenvalue weighted by Gasteiger charge is -2.08. The van der Waals surface area contributed by atoms with E-state index in [9.17, 15) is 18.0 Å². The number of nitrogens with zero attached hydrogens (tertiary/aromatic N) is 2. The molecule has 90 valence electrons. The Hall–Kier alpha value is -1.73. The molecule has 0 saturated carbocycles. The van der Waals surface area contributed by atoms with Crippen LogP contribution in [-0.2, 0) is 11.8 Å². The van der Waals surface area contributed by atoms with E-state index in [1.807, 2.05) is 0 Å². The average molecular weight is 237 g/mol. The molecule has 0 aliphatic carbocycles. The van der Waals surface area contributed by atoms with Gasteiger partial charge in [0.2, 0.25) is 0 Å². The van der Waals surface area contributed by atoms with Crippen LogP contribution >= 0.6 is 0 Å². The lowest BCUT2D eigenvalue weighted by atomic mass is 10.5. The van der Waals surface area contributed by atoms with Gasteiger partial charge in [0.15, 0.2) is 6.61 Å². The van der Waals surface area contributed by atoms with Crippen molar-refractivity contribution in [2.75, 3.05) is 11.9 Å². The number of alkyl halides is 3. The maximum absolute atomic E-state index is 11.7. The van der Waals surface area contributed by atoms with Gasteiger partial charge < -0.3 is 4.74 Å². The first-order chi connectivity index (χ1) is 7.28. The van der Waals surface area contributed by atoms with E-state index in [0.717, 1.165) is 0 Å². The van der Waals surface area contributed by atoms with Gasteiger partial charge in [0.05, 0.1) is 5.69 Å². The number of nitrogens with one attached hydrogen (secondary N) is 1. The van der Waals surface area contributed by atoms with Gasteiger partial charge in [-0.1, -0.05) is 0 Å². The topological polar surface area (TPSA) is 56.1 Å². The number of carbonyl (C=O) groups excluding carboxylic acids is 1. The zero-order chi connectivity index (χ0) is 12.3. The Morgan fingerprint density at radius 3 is 2.69 bits per heavy atom. The summed E-state index contributed by atoms with van der Waals surface area (Å²) < 4.78 is 40.4. The molecule has 1 aromatic heterocycles. The van der Waals surface area contributed by atoms with Crippen molar-refractivity contribution in [3.63, 3.8) is 0 Å². The van der Waals surface area contributed by atoms with E-state index >= 15 is 0 Å². The number of hydrogen-bond acceptors (Lipinski definition) is 3. The highest BCUT2D eigenvalue weighted by Gasteiger charge is 2.29. The minimum atomic E-state index is -4.53. The molecule has 16 heavy (non-hydrogen) atoms. The maximum Gasteiger partial charge on any atom is 0.422 e. The molecule has 0 aromatic carbocycles. The minimum Gasteiger partial charge on any atom is -0.440 e. The van der Waals surface area contributed by atoms with E-state index in [2.05, 4.69) is 15.2 Å². The summed E-state index contributed by atoms with van der Waals surface area (Å²) in [7, 11) is 1.55. The van der Waals surface area contributed by atoms with Crippen molar-refractivity contribution in [1.29, 1.82) is 0 Å². The predicted octanol–water partition coefficient (Wildman–Crippen LogP) is 1.84. The molecule has 0 spiro atoms. The smallest absolute Gasteiger partial charge is 0.422 e. The van der Waals surface area contributed by atoms with Crippen molar-refractivity contribution in [2.45, 2.75) is 13.1 Å². The molecule has 0 aliphatic rings. The van der Waals surface area contributed by atoms with Crippen LogP contribution in [0, 0.1) is 6.92 Å². The number of carbonyl (C=O) groups is 1. The van der Waals surface area contributed by atoms with Crippen molar-refractivity contribution in [2.24, 2.45) is 7.05 Å². The van der Waals surface area contributed by atoms with Gasteiger partial charge in [-0.05, 0) is 6.92 Å². The fourth-order valence-electron chi connectivity index (χ4n) is 1.02. The van der Waals surface area contributed by atoms with Gasteiger partial charge in [0.25, 0.3) is 0 Å². The third kappa shape index (κ3) is 3.79. The largest absolute Gasteiger partial charge is 0.440 e. The van der Waals surface area contributed by atoms with Crippen LogP contribution in [0.4, 0.5) is 23.8 Å². The molecular weight excluding hydrogens is 227 g/mol. The van der Waals surface area contributed by atoms with Gasteiger partial charge in [-0.25, -0.2) is 4.79 Å². The number of halogens is 3. The van der Waals surface area contributed by atoms with E-state index in [4.69, 9.17) is 0 Å². The molecular formula is C8H10F3N3O2. The van der Waals surface area contributed by atoms with Crippen molar-refractivity contribution in [3.05, 3.63) is 11.8 Å². The normalized spacial score (nSPS) is 11.3. The van der Waals surface area contributed by atoms with Crippen LogP contribution in [0.3, 0.4) is 0 Å². The van der Waals surface area contributed by atoms with E-state index < -0.39 is 18.9 Å². The van der Waals surface area contributed by atoms with Gasteiger partial charge in [-0.3, -0.25) is 10.00 Å². The van der Waals surface area contributed by atoms with Crippen molar-refractivity contribution in [1.82, 2.24) is 9.78 Å². The van der Waals surface area contributed by atoms with E-state index in [0.29, 0.717) is 5.69 Å². The van der Waals surface area contributed by atoms with Crippen LogP contribution in [0.1, 0.15) is 5.69 Å². The molecule has 0 atom stereocenters. The van der Waals surface area contributed by atoms with Gasteiger partial charge in [-0.2, -0.15) is 18.3 Å². The van der Waals surface area contributed by atoms with Gasteiger partial charge in [0.1, 0.15) is 5.82 Å². The molecule has 1 rings (SSSR count). The van der Waals surface area contributed by atoms with Crippen LogP contribution in [0.2, 0.25) is 0 Å². The number of aryl methyl sites for hydroxylation is 2. The summed E-state index contributed by atoms with van der Waals surface area (Å²) in [6.07, 6.45) is -5.69. The van der Waals surface area contributed by atoms with Gasteiger partial charge in [0, 0.05) is 13.1 Å². The first-order valence-corrected chi connectivity index (χ1v) is 4.29. The minimum absolute atomic E-state index is 0.268. The lowest BCUT2D eigenvalue weighted by molar-refractivity contribution is -0.159. The molecule has 0 unspecified atom stereocenters. The zero-order valence-corrected chi connectivity index (χ0v) is 8.63. The number of rotatable bonds is 2. The second kappa shape index (κ2) is 4.42. The summed E-state index contributed by atoms with van der Waals surface area (Å²) in [6, 6.07) is 1.51. The van der Waals surface area contributed by atoms with Crippen LogP contribution in [0.25, 0.3) is 0 Å².